The van der Waals surface area contributed by atoms with Gasteiger partial charge in [-0.05, 0) is 18.4 Å². The van der Waals surface area contributed by atoms with Gasteiger partial charge in [-0.2, -0.15) is 4.98 Å². The van der Waals surface area contributed by atoms with E-state index in [1.54, 1.807) is 16.3 Å². The largest absolute Gasteiger partial charge is 0.471 e. The van der Waals surface area contributed by atoms with Gasteiger partial charge in [0.1, 0.15) is 6.61 Å². The van der Waals surface area contributed by atoms with Crippen LogP contribution in [0.5, 0.6) is 5.88 Å². The Bertz CT molecular complexity index is 816. The molecular weight excluding hydrogens is 346 g/mol. The summed E-state index contributed by atoms with van der Waals surface area (Å²) in [5.74, 6) is 1.38. The fourth-order valence-corrected chi connectivity index (χ4v) is 4.76. The number of anilines is 1. The number of benzene rings is 1. The molecule has 0 radical (unpaired) electrons. The van der Waals surface area contributed by atoms with Crippen LogP contribution in [0.25, 0.3) is 0 Å². The van der Waals surface area contributed by atoms with Gasteiger partial charge in [-0.25, -0.2) is 0 Å². The SMILES string of the molecule is CN(c1c(OCc2ccccc2)nc2n(c1=O)CCS2)C1CCCCC1. The summed E-state index contributed by atoms with van der Waals surface area (Å²) < 4.78 is 7.86. The second-order valence-electron chi connectivity index (χ2n) is 7.03. The maximum atomic E-state index is 13.2. The van der Waals surface area contributed by atoms with Gasteiger partial charge in [-0.1, -0.05) is 61.4 Å². The Kier molecular flexibility index (Phi) is 5.20. The van der Waals surface area contributed by atoms with Gasteiger partial charge in [-0.3, -0.25) is 9.36 Å². The number of fused-ring (bicyclic) bond motifs is 1. The van der Waals surface area contributed by atoms with E-state index >= 15 is 0 Å². The average molecular weight is 372 g/mol. The number of aromatic nitrogens is 2. The van der Waals surface area contributed by atoms with E-state index < -0.39 is 0 Å². The molecule has 2 aromatic rings. The third-order valence-corrected chi connectivity index (χ3v) is 6.27. The predicted molar refractivity (Wildman–Crippen MR) is 105 cm³/mol. The van der Waals surface area contributed by atoms with Crippen molar-refractivity contribution in [3.8, 4) is 5.88 Å². The van der Waals surface area contributed by atoms with E-state index in [0.29, 0.717) is 24.2 Å². The molecule has 0 unspecified atom stereocenters. The van der Waals surface area contributed by atoms with Crippen molar-refractivity contribution in [3.05, 3.63) is 46.2 Å². The highest BCUT2D eigenvalue weighted by atomic mass is 32.2. The second-order valence-corrected chi connectivity index (χ2v) is 8.09. The summed E-state index contributed by atoms with van der Waals surface area (Å²) in [5.41, 5.74) is 1.74. The van der Waals surface area contributed by atoms with Crippen LogP contribution in [-0.4, -0.2) is 28.4 Å². The Morgan fingerprint density at radius 2 is 2.00 bits per heavy atom. The van der Waals surface area contributed by atoms with Crippen LogP contribution in [0.3, 0.4) is 0 Å². The molecule has 0 N–H and O–H groups in total. The summed E-state index contributed by atoms with van der Waals surface area (Å²) in [4.78, 5) is 20.0. The fourth-order valence-electron chi connectivity index (χ4n) is 3.82. The lowest BCUT2D eigenvalue weighted by Crippen LogP contribution is -2.39. The maximum Gasteiger partial charge on any atom is 0.281 e. The molecule has 1 fully saturated rings. The highest BCUT2D eigenvalue weighted by Gasteiger charge is 2.28. The predicted octanol–water partition coefficient (Wildman–Crippen LogP) is 3.70. The highest BCUT2D eigenvalue weighted by molar-refractivity contribution is 7.99. The Labute approximate surface area is 158 Å². The molecule has 1 aliphatic carbocycles. The summed E-state index contributed by atoms with van der Waals surface area (Å²) in [6.45, 7) is 1.16. The van der Waals surface area contributed by atoms with Crippen LogP contribution in [0.1, 0.15) is 37.7 Å². The number of thioether (sulfide) groups is 1. The minimum atomic E-state index is 0.0381. The van der Waals surface area contributed by atoms with Crippen molar-refractivity contribution in [2.45, 2.75) is 56.5 Å². The zero-order chi connectivity index (χ0) is 17.9. The molecule has 5 nitrogen and oxygen atoms in total. The molecule has 6 heteroatoms. The number of hydrogen-bond acceptors (Lipinski definition) is 5. The molecule has 0 spiro atoms. The van der Waals surface area contributed by atoms with Crippen molar-refractivity contribution in [2.24, 2.45) is 0 Å². The quantitative estimate of drug-likeness (QED) is 0.750. The first-order valence-corrected chi connectivity index (χ1v) is 10.4. The number of ether oxygens (including phenoxy) is 1. The van der Waals surface area contributed by atoms with Crippen LogP contribution in [-0.2, 0) is 13.2 Å². The lowest BCUT2D eigenvalue weighted by Gasteiger charge is -2.33. The van der Waals surface area contributed by atoms with Crippen molar-refractivity contribution in [1.82, 2.24) is 9.55 Å². The third-order valence-electron chi connectivity index (χ3n) is 5.32. The third kappa shape index (κ3) is 3.47. The van der Waals surface area contributed by atoms with Crippen molar-refractivity contribution in [2.75, 3.05) is 17.7 Å². The lowest BCUT2D eigenvalue weighted by atomic mass is 9.94. The Hall–Kier alpha value is -1.95. The smallest absolute Gasteiger partial charge is 0.281 e. The van der Waals surface area contributed by atoms with Crippen molar-refractivity contribution in [1.29, 1.82) is 0 Å². The molecule has 1 aromatic heterocycles. The molecule has 0 atom stereocenters. The molecule has 0 amide bonds. The van der Waals surface area contributed by atoms with Crippen LogP contribution in [0, 0.1) is 0 Å². The summed E-state index contributed by atoms with van der Waals surface area (Å²) in [6.07, 6.45) is 6.00. The first-order valence-electron chi connectivity index (χ1n) is 9.41. The first-order chi connectivity index (χ1) is 12.7. The molecule has 2 aliphatic rings. The summed E-state index contributed by atoms with van der Waals surface area (Å²) in [6, 6.07) is 10.4. The van der Waals surface area contributed by atoms with Crippen LogP contribution in [0.15, 0.2) is 40.3 Å². The van der Waals surface area contributed by atoms with Crippen molar-refractivity contribution >= 4 is 17.4 Å². The maximum absolute atomic E-state index is 13.2. The topological polar surface area (TPSA) is 47.4 Å². The lowest BCUT2D eigenvalue weighted by molar-refractivity contribution is 0.287. The summed E-state index contributed by atoms with van der Waals surface area (Å²) >= 11 is 1.63. The normalized spacial score (nSPS) is 17.1. The van der Waals surface area contributed by atoms with Crippen molar-refractivity contribution < 1.29 is 4.74 Å². The number of rotatable bonds is 5. The Balaban J connectivity index is 1.67. The minimum absolute atomic E-state index is 0.0381. The van der Waals surface area contributed by atoms with E-state index in [4.69, 9.17) is 9.72 Å². The van der Waals surface area contributed by atoms with Gasteiger partial charge in [0.15, 0.2) is 10.8 Å². The van der Waals surface area contributed by atoms with Gasteiger partial charge in [0.2, 0.25) is 5.88 Å². The Morgan fingerprint density at radius 3 is 2.77 bits per heavy atom. The van der Waals surface area contributed by atoms with Crippen LogP contribution >= 0.6 is 11.8 Å². The van der Waals surface area contributed by atoms with Gasteiger partial charge < -0.3 is 9.64 Å². The zero-order valence-electron chi connectivity index (χ0n) is 15.2. The summed E-state index contributed by atoms with van der Waals surface area (Å²) in [7, 11) is 2.03. The van der Waals surface area contributed by atoms with Crippen LogP contribution in [0.4, 0.5) is 5.69 Å². The van der Waals surface area contributed by atoms with Gasteiger partial charge in [0.25, 0.3) is 5.56 Å². The van der Waals surface area contributed by atoms with Gasteiger partial charge >= 0.3 is 0 Å². The van der Waals surface area contributed by atoms with E-state index in [9.17, 15) is 4.79 Å². The van der Waals surface area contributed by atoms with Gasteiger partial charge in [0.05, 0.1) is 0 Å². The molecule has 1 saturated carbocycles. The molecule has 26 heavy (non-hydrogen) atoms. The first kappa shape index (κ1) is 17.5. The minimum Gasteiger partial charge on any atom is -0.471 e. The van der Waals surface area contributed by atoms with E-state index in [1.807, 2.05) is 37.4 Å². The monoisotopic (exact) mass is 371 g/mol. The average Bonchev–Trinajstić information content (AvgIpc) is 3.16. The van der Waals surface area contributed by atoms with E-state index in [1.165, 1.54) is 19.3 Å². The molecule has 4 rings (SSSR count). The molecule has 1 aromatic carbocycles. The molecule has 138 valence electrons. The Morgan fingerprint density at radius 1 is 1.23 bits per heavy atom. The van der Waals surface area contributed by atoms with Crippen LogP contribution < -0.4 is 15.2 Å². The van der Waals surface area contributed by atoms with Gasteiger partial charge in [-0.15, -0.1) is 0 Å². The number of hydrogen-bond donors (Lipinski definition) is 0. The van der Waals surface area contributed by atoms with E-state index in [0.717, 1.165) is 35.9 Å². The zero-order valence-corrected chi connectivity index (χ0v) is 16.0. The standard InChI is InChI=1S/C20H25N3O2S/c1-22(16-10-6-3-7-11-16)17-18(25-14-15-8-4-2-5-9-15)21-20-23(19(17)24)12-13-26-20/h2,4-5,8-9,16H,3,6-7,10-14H2,1H3. The molecule has 0 saturated heterocycles. The molecular formula is C20H25N3O2S. The van der Waals surface area contributed by atoms with E-state index in [-0.39, 0.29) is 5.56 Å². The second kappa shape index (κ2) is 7.74. The van der Waals surface area contributed by atoms with Crippen LogP contribution in [0.2, 0.25) is 0 Å². The van der Waals surface area contributed by atoms with E-state index in [2.05, 4.69) is 4.90 Å². The molecule has 0 bridgehead atoms. The molecule has 1 aliphatic heterocycles. The number of nitrogens with zero attached hydrogens (tertiary/aromatic N) is 3. The highest BCUT2D eigenvalue weighted by Crippen LogP contribution is 2.33. The molecule has 2 heterocycles. The van der Waals surface area contributed by atoms with Gasteiger partial charge in [0, 0.05) is 25.4 Å². The fraction of sp³-hybridized carbons (Fsp3) is 0.500. The summed E-state index contributed by atoms with van der Waals surface area (Å²) in [5, 5.41) is 0.777. The van der Waals surface area contributed by atoms with Crippen molar-refractivity contribution in [3.63, 3.8) is 0 Å².